The zero-order valence-corrected chi connectivity index (χ0v) is 14.2. The smallest absolute Gasteiger partial charge is 0.332 e. The molecular weight excluding hydrogens is 282 g/mol. The standard InChI is InChI=1S/C17H25NO2S/c1-5-20-15(19)17(10-16(3,4)11-21-12-17)18-14-8-6-13(2)7-9-14/h6-9,18H,5,10-12H2,1-4H3. The van der Waals surface area contributed by atoms with Crippen molar-refractivity contribution in [2.75, 3.05) is 23.4 Å². The Hall–Kier alpha value is -1.16. The van der Waals surface area contributed by atoms with Gasteiger partial charge in [-0.15, -0.1) is 0 Å². The van der Waals surface area contributed by atoms with Gasteiger partial charge in [-0.05, 0) is 43.6 Å². The first kappa shape index (κ1) is 16.2. The Morgan fingerprint density at radius 3 is 2.52 bits per heavy atom. The third-order valence-corrected chi connectivity index (χ3v) is 5.41. The molecule has 1 heterocycles. The minimum absolute atomic E-state index is 0.118. The minimum Gasteiger partial charge on any atom is -0.464 e. The zero-order valence-electron chi connectivity index (χ0n) is 13.4. The summed E-state index contributed by atoms with van der Waals surface area (Å²) in [6, 6.07) is 8.18. The van der Waals surface area contributed by atoms with Crippen molar-refractivity contribution in [2.45, 2.75) is 39.7 Å². The summed E-state index contributed by atoms with van der Waals surface area (Å²) in [5.74, 6) is 1.69. The molecule has 0 bridgehead atoms. The van der Waals surface area contributed by atoms with Crippen LogP contribution in [0.15, 0.2) is 24.3 Å². The fraction of sp³-hybridized carbons (Fsp3) is 0.588. The van der Waals surface area contributed by atoms with Gasteiger partial charge in [-0.3, -0.25) is 0 Å². The molecule has 3 nitrogen and oxygen atoms in total. The van der Waals surface area contributed by atoms with Crippen LogP contribution >= 0.6 is 11.8 Å². The molecule has 1 aliphatic heterocycles. The van der Waals surface area contributed by atoms with Crippen LogP contribution in [0.2, 0.25) is 0 Å². The van der Waals surface area contributed by atoms with Crippen LogP contribution < -0.4 is 5.32 Å². The summed E-state index contributed by atoms with van der Waals surface area (Å²) >= 11 is 1.82. The molecule has 1 aliphatic rings. The third-order valence-electron chi connectivity index (χ3n) is 3.72. The van der Waals surface area contributed by atoms with Gasteiger partial charge < -0.3 is 10.1 Å². The molecule has 0 amide bonds. The molecule has 2 rings (SSSR count). The van der Waals surface area contributed by atoms with Crippen LogP contribution in [-0.2, 0) is 9.53 Å². The topological polar surface area (TPSA) is 38.3 Å². The van der Waals surface area contributed by atoms with Crippen LogP contribution in [0.4, 0.5) is 5.69 Å². The van der Waals surface area contributed by atoms with E-state index in [2.05, 4.69) is 38.2 Å². The lowest BCUT2D eigenvalue weighted by Gasteiger charge is -2.43. The van der Waals surface area contributed by atoms with Crippen LogP contribution in [0.1, 0.15) is 32.8 Å². The van der Waals surface area contributed by atoms with Gasteiger partial charge in [-0.2, -0.15) is 11.8 Å². The molecule has 1 aromatic carbocycles. The second-order valence-electron chi connectivity index (χ2n) is 6.63. The predicted molar refractivity (Wildman–Crippen MR) is 89.9 cm³/mol. The first-order chi connectivity index (χ1) is 9.87. The highest BCUT2D eigenvalue weighted by Crippen LogP contribution is 2.41. The highest BCUT2D eigenvalue weighted by molar-refractivity contribution is 7.99. The van der Waals surface area contributed by atoms with E-state index in [0.29, 0.717) is 6.61 Å². The molecule has 1 aromatic rings. The summed E-state index contributed by atoms with van der Waals surface area (Å²) in [5, 5.41) is 3.47. The fourth-order valence-corrected chi connectivity index (χ4v) is 4.26. The summed E-state index contributed by atoms with van der Waals surface area (Å²) in [6.45, 7) is 8.76. The van der Waals surface area contributed by atoms with E-state index < -0.39 is 5.54 Å². The van der Waals surface area contributed by atoms with Gasteiger partial charge in [0.2, 0.25) is 0 Å². The molecule has 1 atom stereocenters. The van der Waals surface area contributed by atoms with Gasteiger partial charge in [0.15, 0.2) is 0 Å². The lowest BCUT2D eigenvalue weighted by Crippen LogP contribution is -2.55. The summed E-state index contributed by atoms with van der Waals surface area (Å²) < 4.78 is 5.36. The largest absolute Gasteiger partial charge is 0.464 e. The molecule has 0 aliphatic carbocycles. The van der Waals surface area contributed by atoms with Crippen LogP contribution in [0.3, 0.4) is 0 Å². The second-order valence-corrected chi connectivity index (χ2v) is 7.61. The number of hydrogen-bond donors (Lipinski definition) is 1. The van der Waals surface area contributed by atoms with Gasteiger partial charge in [-0.1, -0.05) is 31.5 Å². The number of hydrogen-bond acceptors (Lipinski definition) is 4. The Bertz CT molecular complexity index is 498. The van der Waals surface area contributed by atoms with E-state index in [9.17, 15) is 4.79 Å². The zero-order chi connectivity index (χ0) is 15.5. The Kier molecular flexibility index (Phi) is 4.87. The summed E-state index contributed by atoms with van der Waals surface area (Å²) in [6.07, 6.45) is 0.791. The second kappa shape index (κ2) is 6.30. The number of carbonyl (C=O) groups is 1. The molecule has 4 heteroatoms. The number of thioether (sulfide) groups is 1. The van der Waals surface area contributed by atoms with E-state index in [1.165, 1.54) is 5.56 Å². The summed E-state index contributed by atoms with van der Waals surface area (Å²) in [5.41, 5.74) is 1.68. The lowest BCUT2D eigenvalue weighted by atomic mass is 9.79. The van der Waals surface area contributed by atoms with Crippen LogP contribution in [0, 0.1) is 12.3 Å². The van der Waals surface area contributed by atoms with Crippen molar-refractivity contribution in [3.63, 3.8) is 0 Å². The van der Waals surface area contributed by atoms with Crippen LogP contribution in [0.25, 0.3) is 0 Å². The van der Waals surface area contributed by atoms with Crippen molar-refractivity contribution in [1.82, 2.24) is 0 Å². The molecule has 116 valence electrons. The normalized spacial score (nSPS) is 24.4. The SMILES string of the molecule is CCOC(=O)C1(Nc2ccc(C)cc2)CSCC(C)(C)C1. The number of carbonyl (C=O) groups excluding carboxylic acids is 1. The Labute approximate surface area is 131 Å². The quantitative estimate of drug-likeness (QED) is 0.857. The maximum Gasteiger partial charge on any atom is 0.332 e. The molecule has 1 saturated heterocycles. The van der Waals surface area contributed by atoms with E-state index in [1.807, 2.05) is 30.8 Å². The van der Waals surface area contributed by atoms with E-state index >= 15 is 0 Å². The monoisotopic (exact) mass is 307 g/mol. The van der Waals surface area contributed by atoms with Crippen molar-refractivity contribution in [2.24, 2.45) is 5.41 Å². The van der Waals surface area contributed by atoms with E-state index in [0.717, 1.165) is 23.6 Å². The lowest BCUT2D eigenvalue weighted by molar-refractivity contribution is -0.149. The highest BCUT2D eigenvalue weighted by atomic mass is 32.2. The van der Waals surface area contributed by atoms with Gasteiger partial charge in [0.25, 0.3) is 0 Å². The van der Waals surface area contributed by atoms with Gasteiger partial charge in [0.05, 0.1) is 6.61 Å². The van der Waals surface area contributed by atoms with E-state index in [4.69, 9.17) is 4.74 Å². The molecule has 0 aromatic heterocycles. The number of ether oxygens (including phenoxy) is 1. The van der Waals surface area contributed by atoms with Crippen molar-refractivity contribution in [1.29, 1.82) is 0 Å². The van der Waals surface area contributed by atoms with Gasteiger partial charge in [0.1, 0.15) is 5.54 Å². The molecule has 0 radical (unpaired) electrons. The number of esters is 1. The average Bonchev–Trinajstić information content (AvgIpc) is 2.40. The maximum absolute atomic E-state index is 12.6. The predicted octanol–water partition coefficient (Wildman–Crippen LogP) is 3.87. The van der Waals surface area contributed by atoms with Crippen LogP contribution in [-0.4, -0.2) is 29.6 Å². The molecular formula is C17H25NO2S. The van der Waals surface area contributed by atoms with Crippen LogP contribution in [0.5, 0.6) is 0 Å². The Morgan fingerprint density at radius 2 is 1.95 bits per heavy atom. The highest BCUT2D eigenvalue weighted by Gasteiger charge is 2.47. The first-order valence-corrected chi connectivity index (χ1v) is 8.62. The summed E-state index contributed by atoms with van der Waals surface area (Å²) in [7, 11) is 0. The first-order valence-electron chi connectivity index (χ1n) is 7.47. The number of rotatable bonds is 4. The molecule has 21 heavy (non-hydrogen) atoms. The fourth-order valence-electron chi connectivity index (χ4n) is 2.87. The Morgan fingerprint density at radius 1 is 1.29 bits per heavy atom. The van der Waals surface area contributed by atoms with E-state index in [-0.39, 0.29) is 11.4 Å². The summed E-state index contributed by atoms with van der Waals surface area (Å²) in [4.78, 5) is 12.6. The molecule has 0 spiro atoms. The maximum atomic E-state index is 12.6. The average molecular weight is 307 g/mol. The minimum atomic E-state index is -0.627. The van der Waals surface area contributed by atoms with Crippen molar-refractivity contribution in [3.8, 4) is 0 Å². The number of benzene rings is 1. The number of anilines is 1. The number of nitrogens with one attached hydrogen (secondary N) is 1. The molecule has 1 unspecified atom stereocenters. The molecule has 0 saturated carbocycles. The van der Waals surface area contributed by atoms with E-state index in [1.54, 1.807) is 0 Å². The molecule has 1 N–H and O–H groups in total. The Balaban J connectivity index is 2.27. The van der Waals surface area contributed by atoms with Gasteiger partial charge >= 0.3 is 5.97 Å². The van der Waals surface area contributed by atoms with Gasteiger partial charge in [-0.25, -0.2) is 4.79 Å². The third kappa shape index (κ3) is 3.94. The van der Waals surface area contributed by atoms with Gasteiger partial charge in [0, 0.05) is 11.4 Å². The van der Waals surface area contributed by atoms with Crippen molar-refractivity contribution < 1.29 is 9.53 Å². The number of aryl methyl sites for hydroxylation is 1. The molecule has 1 fully saturated rings. The van der Waals surface area contributed by atoms with Crippen molar-refractivity contribution >= 4 is 23.4 Å². The van der Waals surface area contributed by atoms with Crippen molar-refractivity contribution in [3.05, 3.63) is 29.8 Å².